The number of ketones is 1. The number of rotatable bonds is 5. The summed E-state index contributed by atoms with van der Waals surface area (Å²) in [5, 5.41) is 2.07. The van der Waals surface area contributed by atoms with Crippen LogP contribution in [0.25, 0.3) is 0 Å². The monoisotopic (exact) mass is 464 g/mol. The second kappa shape index (κ2) is 8.94. The fourth-order valence-electron chi connectivity index (χ4n) is 4.50. The smallest absolute Gasteiger partial charge is 0.275 e. The molecule has 1 aliphatic carbocycles. The Balaban J connectivity index is 1.76. The zero-order chi connectivity index (χ0) is 23.9. The number of carbonyl (C=O) groups excluding carboxylic acids is 4. The van der Waals surface area contributed by atoms with Gasteiger partial charge in [-0.25, -0.2) is 5.01 Å². The van der Waals surface area contributed by atoms with Crippen LogP contribution in [0.15, 0.2) is 60.2 Å². The van der Waals surface area contributed by atoms with Crippen molar-refractivity contribution < 1.29 is 19.2 Å². The van der Waals surface area contributed by atoms with Crippen LogP contribution in [0.4, 0.5) is 0 Å². The van der Waals surface area contributed by atoms with Crippen LogP contribution >= 0.6 is 11.6 Å². The van der Waals surface area contributed by atoms with E-state index in [0.29, 0.717) is 18.4 Å². The highest BCUT2D eigenvalue weighted by molar-refractivity contribution is 6.34. The molecule has 2 aromatic carbocycles. The lowest BCUT2D eigenvalue weighted by atomic mass is 9.82. The molecule has 3 atom stereocenters. The number of allylic oxidation sites excluding steroid dienone is 2. The lowest BCUT2D eigenvalue weighted by Crippen LogP contribution is -2.56. The van der Waals surface area contributed by atoms with E-state index in [1.165, 1.54) is 13.0 Å². The summed E-state index contributed by atoms with van der Waals surface area (Å²) in [4.78, 5) is 53.8. The van der Waals surface area contributed by atoms with E-state index in [1.54, 1.807) is 42.5 Å². The number of amides is 3. The van der Waals surface area contributed by atoms with Crippen molar-refractivity contribution in [3.63, 3.8) is 0 Å². The summed E-state index contributed by atoms with van der Waals surface area (Å²) in [6, 6.07) is 12.2. The first-order chi connectivity index (χ1) is 15.7. The van der Waals surface area contributed by atoms with Gasteiger partial charge < -0.3 is 0 Å². The van der Waals surface area contributed by atoms with Crippen LogP contribution in [0.1, 0.15) is 53.0 Å². The van der Waals surface area contributed by atoms with Gasteiger partial charge in [0, 0.05) is 5.56 Å². The molecule has 4 rings (SSSR count). The Morgan fingerprint density at radius 1 is 1.00 bits per heavy atom. The van der Waals surface area contributed by atoms with Crippen LogP contribution in [0.2, 0.25) is 5.02 Å². The van der Waals surface area contributed by atoms with Gasteiger partial charge >= 0.3 is 0 Å². The zero-order valence-electron chi connectivity index (χ0n) is 18.7. The predicted octanol–water partition coefficient (Wildman–Crippen LogP) is 4.62. The maximum atomic E-state index is 13.7. The van der Waals surface area contributed by atoms with Gasteiger partial charge in [-0.2, -0.15) is 5.01 Å². The molecule has 1 aliphatic heterocycles. The number of aryl methyl sites for hydroxylation is 1. The molecule has 0 bridgehead atoms. The number of fused-ring (bicyclic) bond motifs is 1. The molecule has 170 valence electrons. The summed E-state index contributed by atoms with van der Waals surface area (Å²) in [5.41, 5.74) is 2.53. The van der Waals surface area contributed by atoms with Gasteiger partial charge in [0.1, 0.15) is 6.04 Å². The Labute approximate surface area is 197 Å². The molecule has 0 aromatic heterocycles. The highest BCUT2D eigenvalue weighted by Gasteiger charge is 2.53. The van der Waals surface area contributed by atoms with E-state index in [2.05, 4.69) is 0 Å². The molecular formula is C26H25ClN2O4. The summed E-state index contributed by atoms with van der Waals surface area (Å²) in [6.45, 7) is 5.36. The fourth-order valence-corrected chi connectivity index (χ4v) is 4.72. The third kappa shape index (κ3) is 4.11. The van der Waals surface area contributed by atoms with Gasteiger partial charge in [-0.3, -0.25) is 19.2 Å². The van der Waals surface area contributed by atoms with Crippen LogP contribution in [0.3, 0.4) is 0 Å². The zero-order valence-corrected chi connectivity index (χ0v) is 19.5. The Morgan fingerprint density at radius 2 is 1.64 bits per heavy atom. The number of carbonyl (C=O) groups is 4. The molecule has 0 saturated carbocycles. The maximum Gasteiger partial charge on any atom is 0.275 e. The van der Waals surface area contributed by atoms with Crippen molar-refractivity contribution in [1.82, 2.24) is 10.0 Å². The summed E-state index contributed by atoms with van der Waals surface area (Å²) >= 11 is 6.27. The minimum absolute atomic E-state index is 0.118. The molecule has 2 aromatic rings. The van der Waals surface area contributed by atoms with E-state index in [0.717, 1.165) is 21.2 Å². The number of nitrogens with zero attached hydrogens (tertiary/aromatic N) is 2. The average molecular weight is 465 g/mol. The van der Waals surface area contributed by atoms with Crippen molar-refractivity contribution in [3.05, 3.63) is 81.9 Å². The molecule has 7 heteroatoms. The predicted molar refractivity (Wildman–Crippen MR) is 124 cm³/mol. The number of hydrazine groups is 1. The van der Waals surface area contributed by atoms with Crippen molar-refractivity contribution in [2.45, 2.75) is 39.7 Å². The quantitative estimate of drug-likeness (QED) is 0.367. The highest BCUT2D eigenvalue weighted by Crippen LogP contribution is 2.39. The van der Waals surface area contributed by atoms with Crippen LogP contribution in [0.5, 0.6) is 0 Å². The normalized spacial score (nSPS) is 20.8. The summed E-state index contributed by atoms with van der Waals surface area (Å²) in [7, 11) is 0. The molecule has 3 amide bonds. The van der Waals surface area contributed by atoms with E-state index >= 15 is 0 Å². The van der Waals surface area contributed by atoms with E-state index in [4.69, 9.17) is 11.6 Å². The fraction of sp³-hybridized carbons (Fsp3) is 0.308. The number of imide groups is 1. The van der Waals surface area contributed by atoms with Crippen LogP contribution in [-0.4, -0.2) is 39.6 Å². The van der Waals surface area contributed by atoms with Crippen LogP contribution in [-0.2, 0) is 9.59 Å². The number of benzene rings is 2. The van der Waals surface area contributed by atoms with Gasteiger partial charge in [-0.05, 0) is 45.7 Å². The highest BCUT2D eigenvalue weighted by atomic mass is 35.5. The molecule has 0 radical (unpaired) electrons. The molecule has 0 spiro atoms. The molecule has 6 nitrogen and oxygen atoms in total. The maximum absolute atomic E-state index is 13.7. The Bertz CT molecular complexity index is 1170. The molecule has 1 saturated heterocycles. The molecule has 1 heterocycles. The molecule has 2 aliphatic rings. The van der Waals surface area contributed by atoms with E-state index in [1.807, 2.05) is 19.9 Å². The summed E-state index contributed by atoms with van der Waals surface area (Å²) < 4.78 is 0. The minimum atomic E-state index is -1.10. The molecule has 33 heavy (non-hydrogen) atoms. The second-order valence-corrected chi connectivity index (χ2v) is 9.13. The number of hydrogen-bond acceptors (Lipinski definition) is 4. The van der Waals surface area contributed by atoms with Gasteiger partial charge in [0.2, 0.25) is 0 Å². The van der Waals surface area contributed by atoms with Crippen molar-refractivity contribution in [2.24, 2.45) is 11.8 Å². The van der Waals surface area contributed by atoms with Gasteiger partial charge in [0.05, 0.1) is 22.4 Å². The van der Waals surface area contributed by atoms with Gasteiger partial charge in [-0.15, -0.1) is 0 Å². The third-order valence-corrected chi connectivity index (χ3v) is 6.74. The number of halogens is 1. The standard InChI is InChI=1S/C26H25ClN2O4/c1-15-8-11-18(12-9-15)23(30)17(3)28(25(32)20-6-4-5-7-22(20)27)29-24(31)19-13-10-16(2)14-21(19)26(29)33/h4-12,17,19,21H,13-14H2,1-3H3/t17-,19+,21+/m1/s1. The van der Waals surface area contributed by atoms with E-state index in [-0.39, 0.29) is 16.4 Å². The van der Waals surface area contributed by atoms with Crippen molar-refractivity contribution in [3.8, 4) is 0 Å². The summed E-state index contributed by atoms with van der Waals surface area (Å²) in [6.07, 6.45) is 2.85. The first-order valence-electron chi connectivity index (χ1n) is 10.9. The SMILES string of the molecule is CC1=CC[C@@H]2C(=O)N(N(C(=O)c3ccccc3Cl)[C@H](C)C(=O)c3ccc(C)cc3)C(=O)[C@H]2C1. The lowest BCUT2D eigenvalue weighted by Gasteiger charge is -2.35. The second-order valence-electron chi connectivity index (χ2n) is 8.73. The first-order valence-corrected chi connectivity index (χ1v) is 11.3. The minimum Gasteiger partial charge on any atom is -0.292 e. The largest absolute Gasteiger partial charge is 0.292 e. The number of hydrogen-bond donors (Lipinski definition) is 0. The van der Waals surface area contributed by atoms with Crippen LogP contribution in [0, 0.1) is 18.8 Å². The summed E-state index contributed by atoms with van der Waals surface area (Å²) in [5.74, 6) is -3.03. The Morgan fingerprint density at radius 3 is 2.30 bits per heavy atom. The molecule has 0 N–H and O–H groups in total. The molecule has 0 unspecified atom stereocenters. The Hall–Kier alpha value is -3.25. The number of Topliss-reactive ketones (excluding diaryl/α,β-unsaturated/α-hetero) is 1. The lowest BCUT2D eigenvalue weighted by molar-refractivity contribution is -0.156. The topological polar surface area (TPSA) is 74.8 Å². The van der Waals surface area contributed by atoms with Gasteiger partial charge in [-0.1, -0.05) is 65.2 Å². The van der Waals surface area contributed by atoms with Crippen molar-refractivity contribution in [2.75, 3.05) is 0 Å². The van der Waals surface area contributed by atoms with Crippen molar-refractivity contribution in [1.29, 1.82) is 0 Å². The Kier molecular flexibility index (Phi) is 6.21. The van der Waals surface area contributed by atoms with Gasteiger partial charge in [0.15, 0.2) is 5.78 Å². The van der Waals surface area contributed by atoms with E-state index in [9.17, 15) is 19.2 Å². The first kappa shape index (κ1) is 22.9. The third-order valence-electron chi connectivity index (χ3n) is 6.41. The van der Waals surface area contributed by atoms with Crippen molar-refractivity contribution >= 4 is 35.1 Å². The molecule has 1 fully saturated rings. The molecular weight excluding hydrogens is 440 g/mol. The van der Waals surface area contributed by atoms with Gasteiger partial charge in [0.25, 0.3) is 17.7 Å². The average Bonchev–Trinajstić information content (AvgIpc) is 3.04. The van der Waals surface area contributed by atoms with E-state index < -0.39 is 35.6 Å². The van der Waals surface area contributed by atoms with Crippen LogP contribution < -0.4 is 0 Å².